The molecule has 1 fully saturated rings. The van der Waals surface area contributed by atoms with Gasteiger partial charge in [0.15, 0.2) is 5.78 Å². The van der Waals surface area contributed by atoms with Gasteiger partial charge in [-0.25, -0.2) is 8.78 Å². The summed E-state index contributed by atoms with van der Waals surface area (Å²) in [4.78, 5) is 16.2. The number of rotatable bonds is 5. The predicted octanol–water partition coefficient (Wildman–Crippen LogP) is 2.17. The molecule has 5 heteroatoms. The lowest BCUT2D eigenvalue weighted by Gasteiger charge is -2.25. The Bertz CT molecular complexity index is 493. The molecule has 3 nitrogen and oxygen atoms in total. The van der Waals surface area contributed by atoms with E-state index in [-0.39, 0.29) is 17.9 Å². The predicted molar refractivity (Wildman–Crippen MR) is 73.8 cm³/mol. The molecule has 0 amide bonds. The van der Waals surface area contributed by atoms with E-state index in [1.54, 1.807) is 0 Å². The highest BCUT2D eigenvalue weighted by Crippen LogP contribution is 2.16. The van der Waals surface area contributed by atoms with E-state index in [9.17, 15) is 13.6 Å². The van der Waals surface area contributed by atoms with Crippen molar-refractivity contribution in [1.82, 2.24) is 9.80 Å². The second kappa shape index (κ2) is 6.41. The summed E-state index contributed by atoms with van der Waals surface area (Å²) in [6.45, 7) is 2.01. The molecule has 0 aliphatic carbocycles. The molecule has 0 aromatic heterocycles. The Morgan fingerprint density at radius 2 is 2.20 bits per heavy atom. The van der Waals surface area contributed by atoms with Crippen LogP contribution in [0.5, 0.6) is 0 Å². The van der Waals surface area contributed by atoms with Crippen LogP contribution in [0.25, 0.3) is 0 Å². The van der Waals surface area contributed by atoms with Crippen molar-refractivity contribution in [1.29, 1.82) is 0 Å². The molecule has 1 atom stereocenters. The highest BCUT2D eigenvalue weighted by molar-refractivity contribution is 5.97. The van der Waals surface area contributed by atoms with Crippen LogP contribution in [0.15, 0.2) is 18.2 Å². The number of carbonyl (C=O) groups is 1. The fourth-order valence-corrected chi connectivity index (χ4v) is 2.68. The minimum absolute atomic E-state index is 0.0435. The summed E-state index contributed by atoms with van der Waals surface area (Å²) in [7, 11) is 3.93. The Balaban J connectivity index is 1.93. The van der Waals surface area contributed by atoms with E-state index >= 15 is 0 Å². The molecule has 1 heterocycles. The lowest BCUT2D eigenvalue weighted by Crippen LogP contribution is -2.38. The molecule has 0 N–H and O–H groups in total. The lowest BCUT2D eigenvalue weighted by molar-refractivity contribution is 0.0928. The van der Waals surface area contributed by atoms with Crippen molar-refractivity contribution in [2.75, 3.05) is 33.7 Å². The third-order valence-corrected chi connectivity index (χ3v) is 3.84. The van der Waals surface area contributed by atoms with E-state index in [0.29, 0.717) is 6.04 Å². The number of hydrogen-bond acceptors (Lipinski definition) is 3. The number of nitrogens with zero attached hydrogens (tertiary/aromatic N) is 2. The minimum Gasteiger partial charge on any atom is -0.302 e. The Labute approximate surface area is 118 Å². The zero-order chi connectivity index (χ0) is 14.7. The molecule has 1 aliphatic heterocycles. The maximum absolute atomic E-state index is 13.5. The highest BCUT2D eigenvalue weighted by atomic mass is 19.1. The van der Waals surface area contributed by atoms with E-state index in [0.717, 1.165) is 31.6 Å². The van der Waals surface area contributed by atoms with Gasteiger partial charge in [-0.2, -0.15) is 0 Å². The van der Waals surface area contributed by atoms with E-state index in [2.05, 4.69) is 11.9 Å². The fourth-order valence-electron chi connectivity index (χ4n) is 2.68. The number of Topliss-reactive ketones (excluding diaryl/α,β-unsaturated/α-hetero) is 1. The molecule has 110 valence electrons. The van der Waals surface area contributed by atoms with E-state index in [1.165, 1.54) is 12.5 Å². The van der Waals surface area contributed by atoms with E-state index < -0.39 is 11.6 Å². The van der Waals surface area contributed by atoms with Crippen molar-refractivity contribution in [3.05, 3.63) is 35.4 Å². The van der Waals surface area contributed by atoms with Crippen LogP contribution in [-0.4, -0.2) is 55.4 Å². The summed E-state index contributed by atoms with van der Waals surface area (Å²) in [5.41, 5.74) is -0.0435. The zero-order valence-electron chi connectivity index (χ0n) is 11.9. The smallest absolute Gasteiger partial charge is 0.179 e. The highest BCUT2D eigenvalue weighted by Gasteiger charge is 2.23. The molecule has 2 rings (SSSR count). The summed E-state index contributed by atoms with van der Waals surface area (Å²) in [6, 6.07) is 3.52. The lowest BCUT2D eigenvalue weighted by atomic mass is 10.1. The number of carbonyl (C=O) groups excluding carboxylic acids is 1. The molecule has 0 bridgehead atoms. The standard InChI is InChI=1S/C15H20F2N2O/c1-18(9-12-4-3-7-19(12)2)10-15(20)13-6-5-11(16)8-14(13)17/h5-6,8,12H,3-4,7,9-10H2,1-2H3. The summed E-state index contributed by atoms with van der Waals surface area (Å²) in [6.07, 6.45) is 2.30. The quantitative estimate of drug-likeness (QED) is 0.773. The van der Waals surface area contributed by atoms with Crippen LogP contribution in [0.2, 0.25) is 0 Å². The Kier molecular flexibility index (Phi) is 4.83. The molecule has 1 aromatic carbocycles. The van der Waals surface area contributed by atoms with E-state index in [1.807, 2.05) is 11.9 Å². The third kappa shape index (κ3) is 3.61. The van der Waals surface area contributed by atoms with Gasteiger partial charge in [-0.15, -0.1) is 0 Å². The largest absolute Gasteiger partial charge is 0.302 e. The second-order valence-corrected chi connectivity index (χ2v) is 5.52. The fraction of sp³-hybridized carbons (Fsp3) is 0.533. The van der Waals surface area contributed by atoms with Crippen molar-refractivity contribution in [3.8, 4) is 0 Å². The van der Waals surface area contributed by atoms with Crippen LogP contribution < -0.4 is 0 Å². The molecule has 0 spiro atoms. The maximum Gasteiger partial charge on any atom is 0.179 e. The van der Waals surface area contributed by atoms with Gasteiger partial charge in [0, 0.05) is 18.7 Å². The minimum atomic E-state index is -0.790. The summed E-state index contributed by atoms with van der Waals surface area (Å²) in [5, 5.41) is 0. The first-order valence-electron chi connectivity index (χ1n) is 6.84. The summed E-state index contributed by atoms with van der Waals surface area (Å²) >= 11 is 0. The average Bonchev–Trinajstić information content (AvgIpc) is 2.74. The normalized spacial score (nSPS) is 19.8. The first kappa shape index (κ1) is 15.1. The van der Waals surface area contributed by atoms with Gasteiger partial charge < -0.3 is 4.90 Å². The van der Waals surface area contributed by atoms with Crippen molar-refractivity contribution in [3.63, 3.8) is 0 Å². The third-order valence-electron chi connectivity index (χ3n) is 3.84. The first-order valence-corrected chi connectivity index (χ1v) is 6.84. The average molecular weight is 282 g/mol. The van der Waals surface area contributed by atoms with Gasteiger partial charge >= 0.3 is 0 Å². The molecular formula is C15H20F2N2O. The van der Waals surface area contributed by atoms with Crippen LogP contribution in [0.1, 0.15) is 23.2 Å². The van der Waals surface area contributed by atoms with Crippen molar-refractivity contribution < 1.29 is 13.6 Å². The Hall–Kier alpha value is -1.33. The number of benzene rings is 1. The molecule has 0 radical (unpaired) electrons. The van der Waals surface area contributed by atoms with Gasteiger partial charge in [-0.3, -0.25) is 9.69 Å². The van der Waals surface area contributed by atoms with Crippen molar-refractivity contribution in [2.24, 2.45) is 0 Å². The van der Waals surface area contributed by atoms with Gasteiger partial charge in [0.05, 0.1) is 12.1 Å². The first-order chi connectivity index (χ1) is 9.47. The molecule has 1 saturated heterocycles. The molecule has 0 saturated carbocycles. The van der Waals surface area contributed by atoms with Crippen LogP contribution in [0.4, 0.5) is 8.78 Å². The van der Waals surface area contributed by atoms with Gasteiger partial charge in [0.1, 0.15) is 11.6 Å². The Morgan fingerprint density at radius 3 is 2.80 bits per heavy atom. The van der Waals surface area contributed by atoms with Gasteiger partial charge in [-0.05, 0) is 45.6 Å². The number of likely N-dealkylation sites (tertiary alicyclic amines) is 1. The summed E-state index contributed by atoms with van der Waals surface area (Å²) < 4.78 is 26.4. The van der Waals surface area contributed by atoms with E-state index in [4.69, 9.17) is 0 Å². The molecule has 1 unspecified atom stereocenters. The number of hydrogen-bond donors (Lipinski definition) is 0. The SMILES string of the molecule is CN(CC(=O)c1ccc(F)cc1F)CC1CCCN1C. The van der Waals surface area contributed by atoms with Gasteiger partial charge in [0.25, 0.3) is 0 Å². The zero-order valence-corrected chi connectivity index (χ0v) is 11.9. The molecule has 1 aromatic rings. The molecular weight excluding hydrogens is 262 g/mol. The second-order valence-electron chi connectivity index (χ2n) is 5.52. The van der Waals surface area contributed by atoms with Crippen molar-refractivity contribution >= 4 is 5.78 Å². The van der Waals surface area contributed by atoms with Gasteiger partial charge in [0.2, 0.25) is 0 Å². The number of halogens is 2. The number of ketones is 1. The van der Waals surface area contributed by atoms with Crippen LogP contribution in [-0.2, 0) is 0 Å². The van der Waals surface area contributed by atoms with Crippen LogP contribution in [0, 0.1) is 11.6 Å². The monoisotopic (exact) mass is 282 g/mol. The Morgan fingerprint density at radius 1 is 1.45 bits per heavy atom. The van der Waals surface area contributed by atoms with Crippen LogP contribution in [0.3, 0.4) is 0 Å². The van der Waals surface area contributed by atoms with Crippen LogP contribution >= 0.6 is 0 Å². The van der Waals surface area contributed by atoms with Gasteiger partial charge in [-0.1, -0.05) is 0 Å². The topological polar surface area (TPSA) is 23.6 Å². The molecule has 1 aliphatic rings. The molecule has 20 heavy (non-hydrogen) atoms. The number of likely N-dealkylation sites (N-methyl/N-ethyl adjacent to an activating group) is 2. The maximum atomic E-state index is 13.5. The van der Waals surface area contributed by atoms with Crippen molar-refractivity contribution in [2.45, 2.75) is 18.9 Å². The summed E-state index contributed by atoms with van der Waals surface area (Å²) in [5.74, 6) is -1.77.